The first-order valence-corrected chi connectivity index (χ1v) is 9.67. The van der Waals surface area contributed by atoms with Crippen molar-refractivity contribution in [2.75, 3.05) is 17.3 Å². The summed E-state index contributed by atoms with van der Waals surface area (Å²) in [6.45, 7) is 3.95. The molecule has 1 N–H and O–H groups in total. The van der Waals surface area contributed by atoms with Gasteiger partial charge < -0.3 is 14.8 Å². The predicted octanol–water partition coefficient (Wildman–Crippen LogP) is 5.25. The maximum Gasteiger partial charge on any atom is 0.262 e. The van der Waals surface area contributed by atoms with Crippen LogP contribution in [0.2, 0.25) is 0 Å². The number of para-hydroxylation sites is 2. The van der Waals surface area contributed by atoms with Crippen molar-refractivity contribution < 1.29 is 14.3 Å². The van der Waals surface area contributed by atoms with Crippen molar-refractivity contribution in [1.82, 2.24) is 0 Å². The highest BCUT2D eigenvalue weighted by atomic mass is 16.5. The molecule has 5 nitrogen and oxygen atoms in total. The molecule has 0 bridgehead atoms. The average molecular weight is 388 g/mol. The summed E-state index contributed by atoms with van der Waals surface area (Å²) in [7, 11) is 1.62. The van der Waals surface area contributed by atoms with Crippen molar-refractivity contribution >= 4 is 17.3 Å². The Morgan fingerprint density at radius 3 is 2.38 bits per heavy atom. The zero-order chi connectivity index (χ0) is 20.4. The number of anilines is 2. The molecule has 0 radical (unpaired) electrons. The van der Waals surface area contributed by atoms with Gasteiger partial charge in [0.1, 0.15) is 6.17 Å². The number of ether oxygens (including phenoxy) is 2. The number of carbonyl (C=O) groups is 1. The number of benzene rings is 3. The standard InChI is InChI=1S/C24H24N2O3/c1-16(2)29-21-14-13-17(15-22(21)28-3)23-25-20-12-8-7-11-19(20)24(27)26(23)18-9-5-4-6-10-18/h4-16,23,25H,1-3H3/t23-/m1/s1. The van der Waals surface area contributed by atoms with Gasteiger partial charge in [0, 0.05) is 11.4 Å². The second-order valence-electron chi connectivity index (χ2n) is 7.18. The van der Waals surface area contributed by atoms with E-state index >= 15 is 0 Å². The first-order valence-electron chi connectivity index (χ1n) is 9.67. The van der Waals surface area contributed by atoms with Gasteiger partial charge in [-0.25, -0.2) is 0 Å². The molecule has 3 aromatic carbocycles. The molecule has 0 spiro atoms. The Balaban J connectivity index is 1.81. The summed E-state index contributed by atoms with van der Waals surface area (Å²) in [6.07, 6.45) is -0.335. The van der Waals surface area contributed by atoms with Crippen LogP contribution in [-0.2, 0) is 0 Å². The van der Waals surface area contributed by atoms with Crippen molar-refractivity contribution in [3.63, 3.8) is 0 Å². The Labute approximate surface area is 170 Å². The minimum absolute atomic E-state index is 0.0387. The molecule has 3 aromatic rings. The number of amides is 1. The lowest BCUT2D eigenvalue weighted by atomic mass is 10.0. The van der Waals surface area contributed by atoms with Gasteiger partial charge in [0.25, 0.3) is 5.91 Å². The lowest BCUT2D eigenvalue weighted by Gasteiger charge is -2.38. The molecule has 1 atom stereocenters. The van der Waals surface area contributed by atoms with E-state index in [0.717, 1.165) is 16.9 Å². The fourth-order valence-electron chi connectivity index (χ4n) is 3.55. The molecule has 29 heavy (non-hydrogen) atoms. The molecule has 0 unspecified atom stereocenters. The molecule has 0 saturated carbocycles. The van der Waals surface area contributed by atoms with E-state index in [2.05, 4.69) is 5.32 Å². The number of fused-ring (bicyclic) bond motifs is 1. The van der Waals surface area contributed by atoms with Crippen LogP contribution >= 0.6 is 0 Å². The van der Waals surface area contributed by atoms with E-state index in [-0.39, 0.29) is 18.2 Å². The molecule has 0 aliphatic carbocycles. The second kappa shape index (κ2) is 7.87. The SMILES string of the molecule is COc1cc([C@@H]2Nc3ccccc3C(=O)N2c2ccccc2)ccc1OC(C)C. The van der Waals surface area contributed by atoms with Crippen LogP contribution < -0.4 is 19.7 Å². The minimum Gasteiger partial charge on any atom is -0.493 e. The first kappa shape index (κ1) is 18.9. The van der Waals surface area contributed by atoms with Gasteiger partial charge in [-0.15, -0.1) is 0 Å². The van der Waals surface area contributed by atoms with E-state index in [9.17, 15) is 4.79 Å². The van der Waals surface area contributed by atoms with Crippen LogP contribution in [-0.4, -0.2) is 19.1 Å². The molecule has 1 heterocycles. The smallest absolute Gasteiger partial charge is 0.262 e. The Hall–Kier alpha value is -3.47. The topological polar surface area (TPSA) is 50.8 Å². The van der Waals surface area contributed by atoms with Crippen molar-refractivity contribution in [3.8, 4) is 11.5 Å². The van der Waals surface area contributed by atoms with Crippen LogP contribution in [0.5, 0.6) is 11.5 Å². The van der Waals surface area contributed by atoms with Gasteiger partial charge in [-0.2, -0.15) is 0 Å². The highest BCUT2D eigenvalue weighted by Gasteiger charge is 2.34. The quantitative estimate of drug-likeness (QED) is 0.648. The summed E-state index contributed by atoms with van der Waals surface area (Å²) in [5.74, 6) is 1.27. The number of nitrogens with one attached hydrogen (secondary N) is 1. The molecular weight excluding hydrogens is 364 g/mol. The number of nitrogens with zero attached hydrogens (tertiary/aromatic N) is 1. The van der Waals surface area contributed by atoms with Gasteiger partial charge in [-0.3, -0.25) is 9.69 Å². The first-order chi connectivity index (χ1) is 14.1. The van der Waals surface area contributed by atoms with Gasteiger partial charge in [-0.05, 0) is 55.8 Å². The van der Waals surface area contributed by atoms with E-state index in [1.54, 1.807) is 12.0 Å². The van der Waals surface area contributed by atoms with E-state index in [0.29, 0.717) is 17.1 Å². The van der Waals surface area contributed by atoms with Crippen LogP contribution in [0.4, 0.5) is 11.4 Å². The van der Waals surface area contributed by atoms with Crippen LogP contribution in [0.1, 0.15) is 35.9 Å². The van der Waals surface area contributed by atoms with Crippen LogP contribution in [0.15, 0.2) is 72.8 Å². The van der Waals surface area contributed by atoms with Crippen molar-refractivity contribution in [3.05, 3.63) is 83.9 Å². The Morgan fingerprint density at radius 1 is 0.931 bits per heavy atom. The summed E-state index contributed by atoms with van der Waals surface area (Å²) in [5, 5.41) is 3.51. The molecule has 5 heteroatoms. The van der Waals surface area contributed by atoms with E-state index in [1.165, 1.54) is 0 Å². The molecule has 0 saturated heterocycles. The largest absolute Gasteiger partial charge is 0.493 e. The molecule has 1 aliphatic rings. The summed E-state index contributed by atoms with van der Waals surface area (Å²) < 4.78 is 11.4. The maximum absolute atomic E-state index is 13.4. The summed E-state index contributed by atoms with van der Waals surface area (Å²) in [6, 6.07) is 23.0. The number of hydrogen-bond acceptors (Lipinski definition) is 4. The van der Waals surface area contributed by atoms with Gasteiger partial charge in [0.15, 0.2) is 11.5 Å². The molecule has 0 aromatic heterocycles. The monoisotopic (exact) mass is 388 g/mol. The highest BCUT2D eigenvalue weighted by molar-refractivity contribution is 6.12. The third-order valence-corrected chi connectivity index (χ3v) is 4.83. The zero-order valence-corrected chi connectivity index (χ0v) is 16.8. The number of carbonyl (C=O) groups excluding carboxylic acids is 1. The molecular formula is C24H24N2O3. The fraction of sp³-hybridized carbons (Fsp3) is 0.208. The van der Waals surface area contributed by atoms with Gasteiger partial charge in [-0.1, -0.05) is 36.4 Å². The van der Waals surface area contributed by atoms with Crippen LogP contribution in [0.25, 0.3) is 0 Å². The van der Waals surface area contributed by atoms with Crippen molar-refractivity contribution in [2.24, 2.45) is 0 Å². The lowest BCUT2D eigenvalue weighted by molar-refractivity contribution is 0.0975. The van der Waals surface area contributed by atoms with Crippen molar-refractivity contribution in [1.29, 1.82) is 0 Å². The highest BCUT2D eigenvalue weighted by Crippen LogP contribution is 2.39. The molecule has 148 valence electrons. The molecule has 1 aliphatic heterocycles. The number of hydrogen-bond donors (Lipinski definition) is 1. The number of methoxy groups -OCH3 is 1. The Bertz CT molecular complexity index is 1020. The summed E-state index contributed by atoms with van der Waals surface area (Å²) >= 11 is 0. The lowest BCUT2D eigenvalue weighted by Crippen LogP contribution is -2.43. The second-order valence-corrected chi connectivity index (χ2v) is 7.18. The Kier molecular flexibility index (Phi) is 5.12. The minimum atomic E-state index is -0.373. The molecule has 4 rings (SSSR count). The van der Waals surface area contributed by atoms with Gasteiger partial charge >= 0.3 is 0 Å². The van der Waals surface area contributed by atoms with Gasteiger partial charge in [0.2, 0.25) is 0 Å². The number of rotatable bonds is 5. The van der Waals surface area contributed by atoms with E-state index in [4.69, 9.17) is 9.47 Å². The maximum atomic E-state index is 13.4. The molecule has 0 fully saturated rings. The zero-order valence-electron chi connectivity index (χ0n) is 16.8. The fourth-order valence-corrected chi connectivity index (χ4v) is 3.55. The normalized spacial score (nSPS) is 15.7. The van der Waals surface area contributed by atoms with Crippen LogP contribution in [0, 0.1) is 0 Å². The summed E-state index contributed by atoms with van der Waals surface area (Å²) in [5.41, 5.74) is 3.20. The average Bonchev–Trinajstić information content (AvgIpc) is 2.74. The van der Waals surface area contributed by atoms with Crippen LogP contribution in [0.3, 0.4) is 0 Å². The van der Waals surface area contributed by atoms with E-state index in [1.807, 2.05) is 86.6 Å². The summed E-state index contributed by atoms with van der Waals surface area (Å²) in [4.78, 5) is 15.2. The predicted molar refractivity (Wildman–Crippen MR) is 115 cm³/mol. The Morgan fingerprint density at radius 2 is 1.66 bits per heavy atom. The third kappa shape index (κ3) is 3.63. The van der Waals surface area contributed by atoms with E-state index < -0.39 is 0 Å². The van der Waals surface area contributed by atoms with Gasteiger partial charge in [0.05, 0.1) is 18.8 Å². The molecule has 1 amide bonds. The van der Waals surface area contributed by atoms with Crippen molar-refractivity contribution in [2.45, 2.75) is 26.1 Å². The third-order valence-electron chi connectivity index (χ3n) is 4.83.